The monoisotopic (exact) mass is 318 g/mol. The molecule has 1 fully saturated rings. The van der Waals surface area contributed by atoms with Crippen molar-refractivity contribution >= 4 is 17.7 Å². The maximum absolute atomic E-state index is 12.1. The zero-order chi connectivity index (χ0) is 15.4. The van der Waals surface area contributed by atoms with Gasteiger partial charge < -0.3 is 9.64 Å². The molecule has 6 nitrogen and oxygen atoms in total. The third kappa shape index (κ3) is 3.24. The van der Waals surface area contributed by atoms with Gasteiger partial charge in [0.25, 0.3) is 0 Å². The minimum Gasteiger partial charge on any atom is -0.497 e. The third-order valence-electron chi connectivity index (χ3n) is 3.65. The van der Waals surface area contributed by atoms with Crippen molar-refractivity contribution in [3.05, 3.63) is 30.6 Å². The number of benzene rings is 1. The molecule has 22 heavy (non-hydrogen) atoms. The highest BCUT2D eigenvalue weighted by Crippen LogP contribution is 2.22. The second-order valence-electron chi connectivity index (χ2n) is 5.06. The minimum atomic E-state index is 0.173. The van der Waals surface area contributed by atoms with Crippen LogP contribution in [0.1, 0.15) is 12.8 Å². The maximum atomic E-state index is 12.1. The fourth-order valence-electron chi connectivity index (χ4n) is 2.43. The number of rotatable bonds is 5. The van der Waals surface area contributed by atoms with Crippen LogP contribution in [-0.2, 0) is 4.79 Å². The van der Waals surface area contributed by atoms with Crippen molar-refractivity contribution in [3.8, 4) is 11.4 Å². The van der Waals surface area contributed by atoms with Crippen LogP contribution >= 0.6 is 11.8 Å². The van der Waals surface area contributed by atoms with Crippen molar-refractivity contribution in [1.29, 1.82) is 0 Å². The number of ether oxygens (including phenoxy) is 1. The van der Waals surface area contributed by atoms with Gasteiger partial charge in [-0.15, -0.1) is 10.2 Å². The first-order chi connectivity index (χ1) is 10.8. The molecule has 0 aliphatic carbocycles. The molecular weight excluding hydrogens is 300 g/mol. The van der Waals surface area contributed by atoms with Gasteiger partial charge in [0.15, 0.2) is 5.16 Å². The van der Waals surface area contributed by atoms with E-state index < -0.39 is 0 Å². The molecule has 1 saturated heterocycles. The van der Waals surface area contributed by atoms with Crippen molar-refractivity contribution < 1.29 is 9.53 Å². The molecule has 3 rings (SSSR count). The highest BCUT2D eigenvalue weighted by atomic mass is 32.2. The molecule has 2 heterocycles. The van der Waals surface area contributed by atoms with Gasteiger partial charge in [-0.3, -0.25) is 9.36 Å². The van der Waals surface area contributed by atoms with E-state index in [2.05, 4.69) is 10.2 Å². The van der Waals surface area contributed by atoms with Crippen molar-refractivity contribution in [2.75, 3.05) is 26.0 Å². The number of carbonyl (C=O) groups excluding carboxylic acids is 1. The molecule has 7 heteroatoms. The summed E-state index contributed by atoms with van der Waals surface area (Å²) in [5.74, 6) is 1.37. The van der Waals surface area contributed by atoms with Gasteiger partial charge in [0, 0.05) is 18.8 Å². The summed E-state index contributed by atoms with van der Waals surface area (Å²) in [6.45, 7) is 1.76. The lowest BCUT2D eigenvalue weighted by molar-refractivity contribution is -0.127. The molecule has 2 aromatic rings. The Balaban J connectivity index is 1.67. The van der Waals surface area contributed by atoms with E-state index in [4.69, 9.17) is 4.74 Å². The highest BCUT2D eigenvalue weighted by molar-refractivity contribution is 7.99. The van der Waals surface area contributed by atoms with Gasteiger partial charge in [0.1, 0.15) is 12.1 Å². The summed E-state index contributed by atoms with van der Waals surface area (Å²) in [4.78, 5) is 14.0. The van der Waals surface area contributed by atoms with Gasteiger partial charge in [-0.2, -0.15) is 0 Å². The fourth-order valence-corrected chi connectivity index (χ4v) is 3.26. The van der Waals surface area contributed by atoms with E-state index in [0.29, 0.717) is 5.75 Å². The Morgan fingerprint density at radius 2 is 2.00 bits per heavy atom. The molecule has 0 bridgehead atoms. The van der Waals surface area contributed by atoms with E-state index in [1.807, 2.05) is 33.7 Å². The van der Waals surface area contributed by atoms with E-state index >= 15 is 0 Å². The second kappa shape index (κ2) is 6.83. The molecule has 1 amide bonds. The molecule has 1 aromatic heterocycles. The number of nitrogens with zero attached hydrogens (tertiary/aromatic N) is 4. The summed E-state index contributed by atoms with van der Waals surface area (Å²) >= 11 is 1.42. The highest BCUT2D eigenvalue weighted by Gasteiger charge is 2.19. The predicted octanol–water partition coefficient (Wildman–Crippen LogP) is 1.99. The number of carbonyl (C=O) groups is 1. The Morgan fingerprint density at radius 3 is 2.68 bits per heavy atom. The Hall–Kier alpha value is -2.02. The second-order valence-corrected chi connectivity index (χ2v) is 6.00. The number of thioether (sulfide) groups is 1. The predicted molar refractivity (Wildman–Crippen MR) is 84.4 cm³/mol. The molecule has 0 saturated carbocycles. The van der Waals surface area contributed by atoms with Crippen molar-refractivity contribution in [2.45, 2.75) is 18.0 Å². The molecule has 0 spiro atoms. The summed E-state index contributed by atoms with van der Waals surface area (Å²) in [6, 6.07) is 7.65. The van der Waals surface area contributed by atoms with Crippen LogP contribution in [0.25, 0.3) is 5.69 Å². The van der Waals surface area contributed by atoms with Gasteiger partial charge in [-0.1, -0.05) is 11.8 Å². The van der Waals surface area contributed by atoms with Crippen LogP contribution < -0.4 is 4.74 Å². The first kappa shape index (κ1) is 14.9. The third-order valence-corrected chi connectivity index (χ3v) is 4.58. The lowest BCUT2D eigenvalue weighted by Gasteiger charge is -2.14. The van der Waals surface area contributed by atoms with E-state index in [-0.39, 0.29) is 5.91 Å². The summed E-state index contributed by atoms with van der Waals surface area (Å²) in [5.41, 5.74) is 0.946. The van der Waals surface area contributed by atoms with Crippen LogP contribution in [-0.4, -0.2) is 51.5 Å². The standard InChI is InChI=1S/C15H18N4O2S/c1-21-13-6-4-12(5-7-13)19-11-16-17-15(19)22-10-14(20)18-8-2-3-9-18/h4-7,11H,2-3,8-10H2,1H3. The summed E-state index contributed by atoms with van der Waals surface area (Å²) in [6.07, 6.45) is 3.88. The Bertz CT molecular complexity index is 635. The van der Waals surface area contributed by atoms with Crippen molar-refractivity contribution in [1.82, 2.24) is 19.7 Å². The number of likely N-dealkylation sites (tertiary alicyclic amines) is 1. The van der Waals surface area contributed by atoms with E-state index in [0.717, 1.165) is 42.5 Å². The van der Waals surface area contributed by atoms with Gasteiger partial charge in [0.2, 0.25) is 5.91 Å². The molecular formula is C15H18N4O2S. The van der Waals surface area contributed by atoms with Crippen molar-refractivity contribution in [3.63, 3.8) is 0 Å². The zero-order valence-corrected chi connectivity index (χ0v) is 13.3. The molecule has 0 unspecified atom stereocenters. The summed E-state index contributed by atoms with van der Waals surface area (Å²) in [5, 5.41) is 8.78. The number of aromatic nitrogens is 3. The van der Waals surface area contributed by atoms with Crippen LogP contribution in [0.3, 0.4) is 0 Å². The van der Waals surface area contributed by atoms with Crippen molar-refractivity contribution in [2.24, 2.45) is 0 Å². The average molecular weight is 318 g/mol. The number of hydrogen-bond donors (Lipinski definition) is 0. The first-order valence-corrected chi connectivity index (χ1v) is 8.21. The molecule has 1 aromatic carbocycles. The topological polar surface area (TPSA) is 60.2 Å². The summed E-state index contributed by atoms with van der Waals surface area (Å²) in [7, 11) is 1.64. The van der Waals surface area contributed by atoms with E-state index in [1.54, 1.807) is 13.4 Å². The quantitative estimate of drug-likeness (QED) is 0.789. The van der Waals surface area contributed by atoms with Crippen LogP contribution in [0.2, 0.25) is 0 Å². The first-order valence-electron chi connectivity index (χ1n) is 7.23. The smallest absolute Gasteiger partial charge is 0.233 e. The molecule has 1 aliphatic heterocycles. The normalized spacial score (nSPS) is 14.3. The van der Waals surface area contributed by atoms with Crippen LogP contribution in [0.4, 0.5) is 0 Å². The number of hydrogen-bond acceptors (Lipinski definition) is 5. The maximum Gasteiger partial charge on any atom is 0.233 e. The number of amides is 1. The molecule has 0 N–H and O–H groups in total. The zero-order valence-electron chi connectivity index (χ0n) is 12.4. The Morgan fingerprint density at radius 1 is 1.27 bits per heavy atom. The fraction of sp³-hybridized carbons (Fsp3) is 0.400. The Labute approximate surface area is 133 Å². The lowest BCUT2D eigenvalue weighted by Crippen LogP contribution is -2.29. The van der Waals surface area contributed by atoms with Crippen LogP contribution in [0.15, 0.2) is 35.7 Å². The molecule has 116 valence electrons. The largest absolute Gasteiger partial charge is 0.497 e. The van der Waals surface area contributed by atoms with Crippen LogP contribution in [0, 0.1) is 0 Å². The van der Waals surface area contributed by atoms with E-state index in [1.165, 1.54) is 11.8 Å². The van der Waals surface area contributed by atoms with Gasteiger partial charge >= 0.3 is 0 Å². The van der Waals surface area contributed by atoms with Gasteiger partial charge in [0.05, 0.1) is 12.9 Å². The Kier molecular flexibility index (Phi) is 4.62. The lowest BCUT2D eigenvalue weighted by atomic mass is 10.3. The van der Waals surface area contributed by atoms with E-state index in [9.17, 15) is 4.79 Å². The van der Waals surface area contributed by atoms with Crippen LogP contribution in [0.5, 0.6) is 5.75 Å². The number of methoxy groups -OCH3 is 1. The minimum absolute atomic E-state index is 0.173. The molecule has 0 radical (unpaired) electrons. The SMILES string of the molecule is COc1ccc(-n2cnnc2SCC(=O)N2CCCC2)cc1. The average Bonchev–Trinajstić information content (AvgIpc) is 3.24. The molecule has 0 atom stereocenters. The summed E-state index contributed by atoms with van der Waals surface area (Å²) < 4.78 is 7.03. The molecule has 1 aliphatic rings. The van der Waals surface area contributed by atoms with Gasteiger partial charge in [-0.25, -0.2) is 0 Å². The van der Waals surface area contributed by atoms with Gasteiger partial charge in [-0.05, 0) is 37.1 Å².